The number of nitrogens with zero attached hydrogens (tertiary/aromatic N) is 2. The van der Waals surface area contributed by atoms with Crippen LogP contribution in [0.25, 0.3) is 0 Å². The zero-order valence-corrected chi connectivity index (χ0v) is 26.3. The highest BCUT2D eigenvalue weighted by atomic mass is 19.3. The highest BCUT2D eigenvalue weighted by molar-refractivity contribution is 5.57. The molecule has 1 N–H and O–H groups in total. The quantitative estimate of drug-likeness (QED) is 0.129. The predicted octanol–water partition coefficient (Wildman–Crippen LogP) is 10.1. The van der Waals surface area contributed by atoms with E-state index in [4.69, 9.17) is 4.74 Å². The second kappa shape index (κ2) is 16.9. The Balaban J connectivity index is 1.43. The van der Waals surface area contributed by atoms with Crippen molar-refractivity contribution < 1.29 is 23.0 Å². The molecule has 2 aromatic carbocycles. The van der Waals surface area contributed by atoms with Crippen LogP contribution in [0.1, 0.15) is 114 Å². The molecule has 7 heteroatoms. The number of aromatic nitrogens is 1. The van der Waals surface area contributed by atoms with Crippen molar-refractivity contribution in [1.82, 2.24) is 4.98 Å². The summed E-state index contributed by atoms with van der Waals surface area (Å²) in [6.45, 7) is 3.55. The van der Waals surface area contributed by atoms with E-state index in [0.717, 1.165) is 30.4 Å². The molecule has 0 amide bonds. The van der Waals surface area contributed by atoms with Crippen molar-refractivity contribution in [3.63, 3.8) is 0 Å². The molecule has 1 heterocycles. The first kappa shape index (κ1) is 33.8. The Kier molecular flexibility index (Phi) is 13.0. The Bertz CT molecular complexity index is 1210. The summed E-state index contributed by atoms with van der Waals surface area (Å²) in [7, 11) is 0. The first-order chi connectivity index (χ1) is 21.3. The minimum Gasteiger partial charge on any atom is -0.476 e. The maximum Gasteiger partial charge on any atom is 0.254 e. The summed E-state index contributed by atoms with van der Waals surface area (Å²) >= 11 is 0. The van der Waals surface area contributed by atoms with E-state index in [1.54, 1.807) is 0 Å². The van der Waals surface area contributed by atoms with Crippen LogP contribution in [0.5, 0.6) is 5.88 Å². The lowest BCUT2D eigenvalue weighted by atomic mass is 9.74. The van der Waals surface area contributed by atoms with E-state index in [2.05, 4.69) is 11.9 Å². The van der Waals surface area contributed by atoms with Gasteiger partial charge < -0.3 is 14.7 Å². The van der Waals surface area contributed by atoms with Crippen LogP contribution < -0.4 is 9.64 Å². The van der Waals surface area contributed by atoms with E-state index in [1.807, 2.05) is 65.6 Å². The molecule has 0 bridgehead atoms. The molecule has 0 spiro atoms. The predicted molar refractivity (Wildman–Crippen MR) is 172 cm³/mol. The van der Waals surface area contributed by atoms with Gasteiger partial charge in [0.25, 0.3) is 5.92 Å². The van der Waals surface area contributed by atoms with Gasteiger partial charge in [-0.3, -0.25) is 0 Å². The van der Waals surface area contributed by atoms with Crippen LogP contribution in [0.3, 0.4) is 0 Å². The molecule has 44 heavy (non-hydrogen) atoms. The highest BCUT2D eigenvalue weighted by Gasteiger charge is 2.58. The normalized spacial score (nSPS) is 15.1. The Hall–Kier alpha value is -3.06. The zero-order chi connectivity index (χ0) is 31.3. The fourth-order valence-electron chi connectivity index (χ4n) is 6.04. The first-order valence-corrected chi connectivity index (χ1v) is 16.6. The van der Waals surface area contributed by atoms with Gasteiger partial charge in [0.1, 0.15) is 22.8 Å². The van der Waals surface area contributed by atoms with Gasteiger partial charge >= 0.3 is 0 Å². The van der Waals surface area contributed by atoms with Crippen molar-refractivity contribution >= 4 is 5.69 Å². The molecule has 1 fully saturated rings. The summed E-state index contributed by atoms with van der Waals surface area (Å²) in [4.78, 5) is 6.40. The number of aliphatic hydroxyl groups is 1. The lowest BCUT2D eigenvalue weighted by Gasteiger charge is -2.42. The van der Waals surface area contributed by atoms with Crippen molar-refractivity contribution in [3.8, 4) is 5.88 Å². The van der Waals surface area contributed by atoms with E-state index >= 15 is 4.39 Å². The molecule has 4 nitrogen and oxygen atoms in total. The summed E-state index contributed by atoms with van der Waals surface area (Å²) in [5.41, 5.74) is 0.113. The molecule has 0 unspecified atom stereocenters. The SMILES string of the molecule is CCCCCCCCCCCCCCOc1nc(C2(O)CC(F)(F)C2)c(F)cc1N(Cc1ccccc1)Cc1ccccc1. The highest BCUT2D eigenvalue weighted by Crippen LogP contribution is 2.52. The minimum atomic E-state index is -3.04. The monoisotopic (exact) mass is 610 g/mol. The van der Waals surface area contributed by atoms with Gasteiger partial charge in [-0.1, -0.05) is 138 Å². The molecule has 1 aliphatic rings. The van der Waals surface area contributed by atoms with Gasteiger partial charge in [0, 0.05) is 32.0 Å². The van der Waals surface area contributed by atoms with Crippen LogP contribution in [-0.2, 0) is 18.7 Å². The fraction of sp³-hybridized carbons (Fsp3) is 0.541. The summed E-state index contributed by atoms with van der Waals surface area (Å²) in [5.74, 6) is -3.67. The number of anilines is 1. The number of rotatable bonds is 20. The van der Waals surface area contributed by atoms with Crippen LogP contribution in [0, 0.1) is 5.82 Å². The number of hydrogen-bond acceptors (Lipinski definition) is 4. The standard InChI is InChI=1S/C37H49F3N2O2/c1-2-3-4-5-6-7-8-9-10-11-12-19-24-44-35-33(25-32(38)34(41-35)36(43)28-37(39,40)29-36)42(26-30-20-15-13-16-21-30)27-31-22-17-14-18-23-31/h13-18,20-23,25,43H,2-12,19,24,26-29H2,1H3. The summed E-state index contributed by atoms with van der Waals surface area (Å²) in [6, 6.07) is 21.0. The molecule has 3 aromatic rings. The third-order valence-corrected chi connectivity index (χ3v) is 8.47. The van der Waals surface area contributed by atoms with Crippen molar-refractivity contribution in [2.75, 3.05) is 11.5 Å². The van der Waals surface area contributed by atoms with Gasteiger partial charge in [-0.05, 0) is 17.5 Å². The number of pyridine rings is 1. The van der Waals surface area contributed by atoms with E-state index in [-0.39, 0.29) is 11.6 Å². The molecule has 1 aliphatic carbocycles. The van der Waals surface area contributed by atoms with Gasteiger partial charge in [0.2, 0.25) is 5.88 Å². The van der Waals surface area contributed by atoms with Crippen molar-refractivity contribution in [1.29, 1.82) is 0 Å². The molecular formula is C37H49F3N2O2. The van der Waals surface area contributed by atoms with Crippen LogP contribution in [-0.4, -0.2) is 22.6 Å². The van der Waals surface area contributed by atoms with E-state index in [1.165, 1.54) is 63.9 Å². The van der Waals surface area contributed by atoms with Crippen LogP contribution >= 0.6 is 0 Å². The van der Waals surface area contributed by atoms with Crippen LogP contribution in [0.4, 0.5) is 18.9 Å². The molecule has 1 saturated carbocycles. The number of hydrogen-bond donors (Lipinski definition) is 1. The number of ether oxygens (including phenoxy) is 1. The van der Waals surface area contributed by atoms with Crippen LogP contribution in [0.15, 0.2) is 66.7 Å². The summed E-state index contributed by atoms with van der Waals surface area (Å²) in [5, 5.41) is 10.9. The van der Waals surface area contributed by atoms with Crippen LogP contribution in [0.2, 0.25) is 0 Å². The second-order valence-corrected chi connectivity index (χ2v) is 12.4. The lowest BCUT2D eigenvalue weighted by molar-refractivity contribution is -0.213. The molecule has 240 valence electrons. The Morgan fingerprint density at radius 3 is 1.70 bits per heavy atom. The van der Waals surface area contributed by atoms with Gasteiger partial charge in [-0.2, -0.15) is 0 Å². The maximum absolute atomic E-state index is 15.6. The molecular weight excluding hydrogens is 561 g/mol. The van der Waals surface area contributed by atoms with E-state index in [9.17, 15) is 13.9 Å². The molecule has 0 aliphatic heterocycles. The van der Waals surface area contributed by atoms with E-state index in [0.29, 0.717) is 25.4 Å². The minimum absolute atomic E-state index is 0.167. The van der Waals surface area contributed by atoms with Crippen molar-refractivity contribution in [3.05, 3.63) is 89.4 Å². The summed E-state index contributed by atoms with van der Waals surface area (Å²) < 4.78 is 49.3. The molecule has 0 saturated heterocycles. The first-order valence-electron chi connectivity index (χ1n) is 16.6. The second-order valence-electron chi connectivity index (χ2n) is 12.4. The van der Waals surface area contributed by atoms with Gasteiger partial charge in [-0.25, -0.2) is 18.2 Å². The largest absolute Gasteiger partial charge is 0.476 e. The zero-order valence-electron chi connectivity index (χ0n) is 26.3. The van der Waals surface area contributed by atoms with Gasteiger partial charge in [0.05, 0.1) is 6.61 Å². The Morgan fingerprint density at radius 1 is 0.750 bits per heavy atom. The number of halogens is 3. The molecule has 4 rings (SSSR count). The van der Waals surface area contributed by atoms with Crippen molar-refractivity contribution in [2.45, 2.75) is 121 Å². The van der Waals surface area contributed by atoms with Gasteiger partial charge in [-0.15, -0.1) is 0 Å². The van der Waals surface area contributed by atoms with E-state index < -0.39 is 30.2 Å². The molecule has 0 atom stereocenters. The number of benzene rings is 2. The van der Waals surface area contributed by atoms with Gasteiger partial charge in [0.15, 0.2) is 0 Å². The third kappa shape index (κ3) is 10.3. The Labute approximate surface area is 261 Å². The fourth-order valence-corrected chi connectivity index (χ4v) is 6.04. The topological polar surface area (TPSA) is 45.6 Å². The molecule has 0 radical (unpaired) electrons. The average molecular weight is 611 g/mol. The Morgan fingerprint density at radius 2 is 1.23 bits per heavy atom. The lowest BCUT2D eigenvalue weighted by Crippen LogP contribution is -2.50. The van der Waals surface area contributed by atoms with Crippen molar-refractivity contribution in [2.24, 2.45) is 0 Å². The third-order valence-electron chi connectivity index (χ3n) is 8.47. The number of unbranched alkanes of at least 4 members (excludes halogenated alkanes) is 11. The molecule has 1 aromatic heterocycles. The average Bonchev–Trinajstić information content (AvgIpc) is 2.99. The summed E-state index contributed by atoms with van der Waals surface area (Å²) in [6.07, 6.45) is 12.9. The maximum atomic E-state index is 15.6. The number of alkyl halides is 2. The smallest absolute Gasteiger partial charge is 0.254 e.